The third-order valence-electron chi connectivity index (χ3n) is 7.64. The van der Waals surface area contributed by atoms with Crippen molar-refractivity contribution in [2.75, 3.05) is 25.6 Å². The minimum absolute atomic E-state index is 0.0767. The molecule has 0 aliphatic rings. The van der Waals surface area contributed by atoms with Gasteiger partial charge in [0.1, 0.15) is 11.8 Å². The number of hydrogen-bond donors (Lipinski definition) is 1. The fourth-order valence-electron chi connectivity index (χ4n) is 5.21. The molecule has 0 saturated carbocycles. The van der Waals surface area contributed by atoms with Crippen LogP contribution >= 0.6 is 0 Å². The van der Waals surface area contributed by atoms with Gasteiger partial charge in [-0.15, -0.1) is 0 Å². The van der Waals surface area contributed by atoms with Gasteiger partial charge < -0.3 is 19.7 Å². The number of pyridine rings is 1. The van der Waals surface area contributed by atoms with Gasteiger partial charge in [0, 0.05) is 48.7 Å². The molecule has 1 unspecified atom stereocenters. The summed E-state index contributed by atoms with van der Waals surface area (Å²) >= 11 is 0. The monoisotopic (exact) mass is 627 g/mol. The molecular formula is C39H37N3O5. The van der Waals surface area contributed by atoms with Gasteiger partial charge in [0.25, 0.3) is 5.91 Å². The number of carbonyl (C=O) groups excluding carboxylic acids is 3. The minimum Gasteiger partial charge on any atom is -0.494 e. The number of anilines is 1. The number of ether oxygens (including phenoxy) is 2. The average molecular weight is 628 g/mol. The van der Waals surface area contributed by atoms with E-state index in [0.29, 0.717) is 60.7 Å². The summed E-state index contributed by atoms with van der Waals surface area (Å²) in [6, 6.07) is 36.4. The minimum atomic E-state index is -0.718. The molecular weight excluding hydrogens is 590 g/mol. The van der Waals surface area contributed by atoms with Gasteiger partial charge in [0.05, 0.1) is 19.3 Å². The molecule has 0 saturated heterocycles. The molecule has 0 bridgehead atoms. The number of amides is 1. The summed E-state index contributed by atoms with van der Waals surface area (Å²) in [5.41, 5.74) is 4.08. The van der Waals surface area contributed by atoms with Crippen LogP contribution in [0.25, 0.3) is 0 Å². The largest absolute Gasteiger partial charge is 0.494 e. The van der Waals surface area contributed by atoms with Crippen molar-refractivity contribution < 1.29 is 23.9 Å². The van der Waals surface area contributed by atoms with Crippen molar-refractivity contribution in [3.63, 3.8) is 0 Å². The lowest BCUT2D eigenvalue weighted by Gasteiger charge is -2.23. The van der Waals surface area contributed by atoms with Crippen molar-refractivity contribution in [2.24, 2.45) is 0 Å². The standard InChI is InChI=1S/C39H37N3O5/c1-46-39(45)36(41-35-18-9-8-17-34(35)37(43)31-14-6-3-7-15-31)26-29-19-21-33(22-20-29)47-25-11-24-42(28-30-12-4-2-5-13-30)38(44)32-16-10-23-40-27-32/h2-10,12-23,27,36,41H,11,24-26,28H2,1H3. The quantitative estimate of drug-likeness (QED) is 0.0792. The zero-order valence-corrected chi connectivity index (χ0v) is 26.3. The van der Waals surface area contributed by atoms with Gasteiger partial charge in [0.15, 0.2) is 5.78 Å². The zero-order valence-electron chi connectivity index (χ0n) is 26.3. The van der Waals surface area contributed by atoms with E-state index in [1.54, 1.807) is 54.9 Å². The maximum absolute atomic E-state index is 13.2. The van der Waals surface area contributed by atoms with E-state index < -0.39 is 12.0 Å². The smallest absolute Gasteiger partial charge is 0.328 e. The molecule has 5 aromatic rings. The molecule has 47 heavy (non-hydrogen) atoms. The molecule has 0 radical (unpaired) electrons. The van der Waals surface area contributed by atoms with Crippen LogP contribution < -0.4 is 10.1 Å². The van der Waals surface area contributed by atoms with Gasteiger partial charge in [-0.1, -0.05) is 84.9 Å². The SMILES string of the molecule is COC(=O)C(Cc1ccc(OCCCN(Cc2ccccc2)C(=O)c2cccnc2)cc1)Nc1ccccc1C(=O)c1ccccc1. The number of nitrogens with one attached hydrogen (secondary N) is 1. The molecule has 0 aliphatic carbocycles. The Bertz CT molecular complexity index is 1750. The van der Waals surface area contributed by atoms with Gasteiger partial charge in [-0.05, 0) is 53.9 Å². The van der Waals surface area contributed by atoms with E-state index in [2.05, 4.69) is 10.3 Å². The zero-order chi connectivity index (χ0) is 32.8. The van der Waals surface area contributed by atoms with Crippen LogP contribution in [-0.4, -0.2) is 53.8 Å². The maximum atomic E-state index is 13.2. The molecule has 1 N–H and O–H groups in total. The first-order chi connectivity index (χ1) is 23.0. The lowest BCUT2D eigenvalue weighted by molar-refractivity contribution is -0.141. The van der Waals surface area contributed by atoms with E-state index in [0.717, 1.165) is 11.1 Å². The first kappa shape index (κ1) is 32.6. The second-order valence-electron chi connectivity index (χ2n) is 11.0. The molecule has 4 aromatic carbocycles. The molecule has 8 nitrogen and oxygen atoms in total. The van der Waals surface area contributed by atoms with Crippen molar-refractivity contribution in [2.45, 2.75) is 25.4 Å². The van der Waals surface area contributed by atoms with Crippen molar-refractivity contribution >= 4 is 23.3 Å². The number of para-hydroxylation sites is 1. The van der Waals surface area contributed by atoms with Crippen LogP contribution in [0.5, 0.6) is 5.75 Å². The molecule has 1 atom stereocenters. The van der Waals surface area contributed by atoms with Crippen LogP contribution in [0, 0.1) is 0 Å². The number of methoxy groups -OCH3 is 1. The Morgan fingerprint density at radius 3 is 2.15 bits per heavy atom. The molecule has 1 amide bonds. The summed E-state index contributed by atoms with van der Waals surface area (Å²) in [5, 5.41) is 3.24. The summed E-state index contributed by atoms with van der Waals surface area (Å²) < 4.78 is 11.1. The molecule has 0 spiro atoms. The molecule has 1 heterocycles. The Kier molecular flexibility index (Phi) is 11.5. The van der Waals surface area contributed by atoms with Crippen LogP contribution in [0.3, 0.4) is 0 Å². The number of rotatable bonds is 15. The summed E-state index contributed by atoms with van der Waals surface area (Å²) in [6.07, 6.45) is 4.21. The third-order valence-corrected chi connectivity index (χ3v) is 7.64. The fourth-order valence-corrected chi connectivity index (χ4v) is 5.21. The molecule has 238 valence electrons. The van der Waals surface area contributed by atoms with Crippen LogP contribution in [0.2, 0.25) is 0 Å². The average Bonchev–Trinajstić information content (AvgIpc) is 3.13. The number of benzene rings is 4. The predicted molar refractivity (Wildman–Crippen MR) is 181 cm³/mol. The number of nitrogens with zero attached hydrogens (tertiary/aromatic N) is 2. The van der Waals surface area contributed by atoms with Gasteiger partial charge in [0.2, 0.25) is 0 Å². The Labute approximate surface area is 275 Å². The van der Waals surface area contributed by atoms with Gasteiger partial charge in [-0.2, -0.15) is 0 Å². The van der Waals surface area contributed by atoms with Gasteiger partial charge in [-0.3, -0.25) is 14.6 Å². The second-order valence-corrected chi connectivity index (χ2v) is 11.0. The summed E-state index contributed by atoms with van der Waals surface area (Å²) in [6.45, 7) is 1.43. The molecule has 0 aliphatic heterocycles. The van der Waals surface area contributed by atoms with Crippen molar-refractivity contribution in [3.8, 4) is 5.75 Å². The van der Waals surface area contributed by atoms with Crippen molar-refractivity contribution in [3.05, 3.63) is 162 Å². The van der Waals surface area contributed by atoms with E-state index in [9.17, 15) is 14.4 Å². The van der Waals surface area contributed by atoms with E-state index in [1.165, 1.54) is 7.11 Å². The number of hydrogen-bond acceptors (Lipinski definition) is 7. The maximum Gasteiger partial charge on any atom is 0.328 e. The number of carbonyl (C=O) groups is 3. The lowest BCUT2D eigenvalue weighted by Crippen LogP contribution is -2.33. The molecule has 0 fully saturated rings. The van der Waals surface area contributed by atoms with Crippen LogP contribution in [0.4, 0.5) is 5.69 Å². The van der Waals surface area contributed by atoms with Crippen LogP contribution in [0.1, 0.15) is 43.8 Å². The van der Waals surface area contributed by atoms with Gasteiger partial charge in [-0.25, -0.2) is 4.79 Å². The Morgan fingerprint density at radius 1 is 0.766 bits per heavy atom. The normalized spacial score (nSPS) is 11.3. The lowest BCUT2D eigenvalue weighted by atomic mass is 10.00. The Hall–Kier alpha value is -5.76. The van der Waals surface area contributed by atoms with E-state index in [1.807, 2.05) is 83.8 Å². The number of esters is 1. The molecule has 1 aromatic heterocycles. The van der Waals surface area contributed by atoms with Gasteiger partial charge >= 0.3 is 5.97 Å². The fraction of sp³-hybridized carbons (Fsp3) is 0.179. The van der Waals surface area contributed by atoms with Crippen molar-refractivity contribution in [1.29, 1.82) is 0 Å². The number of ketones is 1. The highest BCUT2D eigenvalue weighted by atomic mass is 16.5. The highest BCUT2D eigenvalue weighted by molar-refractivity contribution is 6.12. The first-order valence-corrected chi connectivity index (χ1v) is 15.5. The molecule has 5 rings (SSSR count). The summed E-state index contributed by atoms with van der Waals surface area (Å²) in [4.78, 5) is 45.2. The Morgan fingerprint density at radius 2 is 1.45 bits per heavy atom. The second kappa shape index (κ2) is 16.5. The topological polar surface area (TPSA) is 97.8 Å². The van der Waals surface area contributed by atoms with Crippen molar-refractivity contribution in [1.82, 2.24) is 9.88 Å². The highest BCUT2D eigenvalue weighted by Gasteiger charge is 2.23. The summed E-state index contributed by atoms with van der Waals surface area (Å²) in [7, 11) is 1.35. The third kappa shape index (κ3) is 9.14. The highest BCUT2D eigenvalue weighted by Crippen LogP contribution is 2.22. The number of aromatic nitrogens is 1. The first-order valence-electron chi connectivity index (χ1n) is 15.5. The van der Waals surface area contributed by atoms with E-state index in [-0.39, 0.29) is 11.7 Å². The van der Waals surface area contributed by atoms with E-state index >= 15 is 0 Å². The summed E-state index contributed by atoms with van der Waals surface area (Å²) in [5.74, 6) is 0.0343. The van der Waals surface area contributed by atoms with E-state index in [4.69, 9.17) is 9.47 Å². The van der Waals surface area contributed by atoms with Crippen LogP contribution in [-0.2, 0) is 22.5 Å². The molecule has 8 heteroatoms. The Balaban J connectivity index is 1.18. The predicted octanol–water partition coefficient (Wildman–Crippen LogP) is 6.62. The van der Waals surface area contributed by atoms with Crippen LogP contribution in [0.15, 0.2) is 134 Å².